The van der Waals surface area contributed by atoms with Crippen LogP contribution in [0.25, 0.3) is 0 Å². The molecule has 6 nitrogen and oxygen atoms in total. The summed E-state index contributed by atoms with van der Waals surface area (Å²) in [5.74, 6) is 0.768. The predicted octanol–water partition coefficient (Wildman–Crippen LogP) is 2.43. The van der Waals surface area contributed by atoms with Gasteiger partial charge < -0.3 is 20.3 Å². The number of nitrogens with zero attached hydrogens (tertiary/aromatic N) is 2. The van der Waals surface area contributed by atoms with E-state index in [1.54, 1.807) is 19.5 Å². The number of carbonyl (C=O) groups is 1. The fourth-order valence-corrected chi connectivity index (χ4v) is 2.54. The van der Waals surface area contributed by atoms with Crippen LogP contribution in [0.5, 0.6) is 5.75 Å². The minimum Gasteiger partial charge on any atom is -0.497 e. The molecule has 0 saturated carbocycles. The van der Waals surface area contributed by atoms with Gasteiger partial charge in [-0.05, 0) is 57.2 Å². The van der Waals surface area contributed by atoms with Crippen LogP contribution in [-0.4, -0.2) is 56.6 Å². The Bertz CT molecular complexity index is 704. The van der Waals surface area contributed by atoms with Crippen molar-refractivity contribution in [3.8, 4) is 5.75 Å². The third-order valence-corrected chi connectivity index (χ3v) is 3.95. The molecule has 0 radical (unpaired) electrons. The molecular formula is C20H28N4O2. The molecule has 0 fully saturated rings. The maximum Gasteiger partial charge on any atom is 0.252 e. The fraction of sp³-hybridized carbons (Fsp3) is 0.400. The predicted molar refractivity (Wildman–Crippen MR) is 105 cm³/mol. The van der Waals surface area contributed by atoms with Crippen LogP contribution >= 0.6 is 0 Å². The van der Waals surface area contributed by atoms with Crippen molar-refractivity contribution in [1.82, 2.24) is 15.2 Å². The van der Waals surface area contributed by atoms with Crippen LogP contribution in [-0.2, 0) is 6.42 Å². The highest BCUT2D eigenvalue weighted by Crippen LogP contribution is 2.14. The van der Waals surface area contributed by atoms with Crippen LogP contribution in [0.2, 0.25) is 0 Å². The van der Waals surface area contributed by atoms with Gasteiger partial charge in [0.2, 0.25) is 0 Å². The molecule has 2 aromatic rings. The Morgan fingerprint density at radius 1 is 1.19 bits per heavy atom. The first-order valence-electron chi connectivity index (χ1n) is 8.83. The minimum absolute atomic E-state index is 0.0901. The summed E-state index contributed by atoms with van der Waals surface area (Å²) in [6, 6.07) is 9.84. The second kappa shape index (κ2) is 10.4. The average Bonchev–Trinajstić information content (AvgIpc) is 2.65. The van der Waals surface area contributed by atoms with Crippen LogP contribution in [0.1, 0.15) is 22.3 Å². The van der Waals surface area contributed by atoms with Crippen LogP contribution < -0.4 is 15.4 Å². The molecule has 140 valence electrons. The van der Waals surface area contributed by atoms with E-state index in [1.807, 2.05) is 38.4 Å². The molecule has 26 heavy (non-hydrogen) atoms. The lowest BCUT2D eigenvalue weighted by molar-refractivity contribution is 0.0952. The number of pyridine rings is 1. The molecule has 0 aliphatic rings. The van der Waals surface area contributed by atoms with Crippen molar-refractivity contribution in [3.05, 3.63) is 53.9 Å². The third kappa shape index (κ3) is 6.72. The molecule has 0 saturated heterocycles. The van der Waals surface area contributed by atoms with E-state index in [-0.39, 0.29) is 5.91 Å². The summed E-state index contributed by atoms with van der Waals surface area (Å²) in [5.41, 5.74) is 2.61. The van der Waals surface area contributed by atoms with E-state index in [0.717, 1.165) is 37.4 Å². The number of nitrogens with one attached hydrogen (secondary N) is 2. The van der Waals surface area contributed by atoms with Crippen LogP contribution in [0, 0.1) is 0 Å². The number of methoxy groups -OCH3 is 1. The number of hydrogen-bond acceptors (Lipinski definition) is 5. The van der Waals surface area contributed by atoms with Crippen LogP contribution in [0.4, 0.5) is 5.69 Å². The maximum atomic E-state index is 12.2. The van der Waals surface area contributed by atoms with Gasteiger partial charge in [-0.2, -0.15) is 0 Å². The second-order valence-corrected chi connectivity index (χ2v) is 6.40. The lowest BCUT2D eigenvalue weighted by Gasteiger charge is -2.11. The highest BCUT2D eigenvalue weighted by atomic mass is 16.5. The van der Waals surface area contributed by atoms with Crippen molar-refractivity contribution >= 4 is 11.6 Å². The first-order valence-corrected chi connectivity index (χ1v) is 8.83. The van der Waals surface area contributed by atoms with Crippen LogP contribution in [0.15, 0.2) is 42.7 Å². The van der Waals surface area contributed by atoms with Gasteiger partial charge in [0.05, 0.1) is 18.4 Å². The van der Waals surface area contributed by atoms with Gasteiger partial charge in [-0.15, -0.1) is 0 Å². The fourth-order valence-electron chi connectivity index (χ4n) is 2.54. The smallest absolute Gasteiger partial charge is 0.252 e. The van der Waals surface area contributed by atoms with Crippen LogP contribution in [0.3, 0.4) is 0 Å². The molecule has 1 heterocycles. The minimum atomic E-state index is -0.0901. The number of amides is 1. The Labute approximate surface area is 155 Å². The number of rotatable bonds is 10. The van der Waals surface area contributed by atoms with Crippen molar-refractivity contribution in [3.63, 3.8) is 0 Å². The maximum absolute atomic E-state index is 12.2. The zero-order valence-corrected chi connectivity index (χ0v) is 15.8. The van der Waals surface area contributed by atoms with Gasteiger partial charge in [0.25, 0.3) is 5.91 Å². The average molecular weight is 356 g/mol. The molecule has 2 rings (SSSR count). The largest absolute Gasteiger partial charge is 0.497 e. The molecule has 0 unspecified atom stereocenters. The van der Waals surface area contributed by atoms with E-state index in [2.05, 4.69) is 26.6 Å². The Kier molecular flexibility index (Phi) is 7.89. The number of aromatic nitrogens is 1. The van der Waals surface area contributed by atoms with Gasteiger partial charge in [-0.1, -0.05) is 12.1 Å². The van der Waals surface area contributed by atoms with Crippen molar-refractivity contribution in [1.29, 1.82) is 0 Å². The van der Waals surface area contributed by atoms with E-state index >= 15 is 0 Å². The molecule has 1 amide bonds. The lowest BCUT2D eigenvalue weighted by atomic mass is 10.1. The molecule has 1 aromatic heterocycles. The standard InChI is InChI=1S/C20H28N4O2/c1-24(2)11-5-9-23-20(25)17-13-18(15-21-14-17)22-10-8-16-6-4-7-19(12-16)26-3/h4,6-7,12-15,22H,5,8-11H2,1-3H3,(H,23,25). The Balaban J connectivity index is 1.81. The van der Waals surface area contributed by atoms with E-state index in [4.69, 9.17) is 4.74 Å². The molecule has 2 N–H and O–H groups in total. The SMILES string of the molecule is COc1cccc(CCNc2cncc(C(=O)NCCCN(C)C)c2)c1. The van der Waals surface area contributed by atoms with Gasteiger partial charge in [0.1, 0.15) is 5.75 Å². The second-order valence-electron chi connectivity index (χ2n) is 6.40. The van der Waals surface area contributed by atoms with Gasteiger partial charge in [0, 0.05) is 25.5 Å². The molecule has 0 bridgehead atoms. The Hall–Kier alpha value is -2.60. The van der Waals surface area contributed by atoms with Crippen molar-refractivity contribution in [2.24, 2.45) is 0 Å². The first-order chi connectivity index (χ1) is 12.6. The summed E-state index contributed by atoms with van der Waals surface area (Å²) in [5, 5.41) is 6.25. The van der Waals surface area contributed by atoms with Gasteiger partial charge in [-0.25, -0.2) is 0 Å². The topological polar surface area (TPSA) is 66.5 Å². The summed E-state index contributed by atoms with van der Waals surface area (Å²) >= 11 is 0. The number of anilines is 1. The molecule has 0 aliphatic carbocycles. The molecule has 0 atom stereocenters. The first kappa shape index (κ1) is 19.7. The summed E-state index contributed by atoms with van der Waals surface area (Å²) in [6.45, 7) is 2.36. The zero-order valence-electron chi connectivity index (χ0n) is 15.8. The van der Waals surface area contributed by atoms with E-state index < -0.39 is 0 Å². The van der Waals surface area contributed by atoms with Gasteiger partial charge >= 0.3 is 0 Å². The molecule has 0 spiro atoms. The Morgan fingerprint density at radius 3 is 2.81 bits per heavy atom. The highest BCUT2D eigenvalue weighted by molar-refractivity contribution is 5.94. The summed E-state index contributed by atoms with van der Waals surface area (Å²) in [4.78, 5) is 18.5. The number of hydrogen-bond donors (Lipinski definition) is 2. The van der Waals surface area contributed by atoms with E-state index in [1.165, 1.54) is 5.56 Å². The summed E-state index contributed by atoms with van der Waals surface area (Å²) in [6.07, 6.45) is 5.10. The number of carbonyl (C=O) groups excluding carboxylic acids is 1. The van der Waals surface area contributed by atoms with Crippen molar-refractivity contribution in [2.75, 3.05) is 46.2 Å². The molecular weight excluding hydrogens is 328 g/mol. The zero-order chi connectivity index (χ0) is 18.8. The lowest BCUT2D eigenvalue weighted by Crippen LogP contribution is -2.27. The quantitative estimate of drug-likeness (QED) is 0.640. The normalized spacial score (nSPS) is 10.6. The molecule has 1 aromatic carbocycles. The molecule has 0 aliphatic heterocycles. The Morgan fingerprint density at radius 2 is 2.04 bits per heavy atom. The van der Waals surface area contributed by atoms with Crippen molar-refractivity contribution < 1.29 is 9.53 Å². The summed E-state index contributed by atoms with van der Waals surface area (Å²) in [7, 11) is 5.71. The van der Waals surface area contributed by atoms with Gasteiger partial charge in [0.15, 0.2) is 0 Å². The molecule has 6 heteroatoms. The number of benzene rings is 1. The third-order valence-electron chi connectivity index (χ3n) is 3.95. The van der Waals surface area contributed by atoms with E-state index in [0.29, 0.717) is 12.1 Å². The number of ether oxygens (including phenoxy) is 1. The van der Waals surface area contributed by atoms with E-state index in [9.17, 15) is 4.79 Å². The highest BCUT2D eigenvalue weighted by Gasteiger charge is 2.06. The monoisotopic (exact) mass is 356 g/mol. The van der Waals surface area contributed by atoms with Gasteiger partial charge in [-0.3, -0.25) is 9.78 Å². The summed E-state index contributed by atoms with van der Waals surface area (Å²) < 4.78 is 5.24. The van der Waals surface area contributed by atoms with Crippen molar-refractivity contribution in [2.45, 2.75) is 12.8 Å².